The van der Waals surface area contributed by atoms with Crippen LogP contribution in [0.3, 0.4) is 0 Å². The van der Waals surface area contributed by atoms with Gasteiger partial charge < -0.3 is 60.8 Å². The van der Waals surface area contributed by atoms with Crippen molar-refractivity contribution in [2.24, 2.45) is 11.8 Å². The van der Waals surface area contributed by atoms with Crippen LogP contribution in [-0.4, -0.2) is 174 Å². The molecule has 0 radical (unpaired) electrons. The minimum absolute atomic E-state index is 0.0164. The fourth-order valence-electron chi connectivity index (χ4n) is 12.6. The maximum Gasteiger partial charge on any atom is 0.305 e. The predicted octanol–water partition coefficient (Wildman–Crippen LogP) is 16.3. The summed E-state index contributed by atoms with van der Waals surface area (Å²) in [6.07, 6.45) is -0.557. The van der Waals surface area contributed by atoms with Gasteiger partial charge >= 0.3 is 5.97 Å². The Morgan fingerprint density at radius 3 is 1.71 bits per heavy atom. The zero-order valence-electron chi connectivity index (χ0n) is 62.8. The predicted molar refractivity (Wildman–Crippen MR) is 382 cm³/mol. The topological polar surface area (TPSA) is 176 Å². The maximum absolute atomic E-state index is 14.2. The number of carbonyl (C=O) groups is 2. The van der Waals surface area contributed by atoms with E-state index in [0.717, 1.165) is 36.8 Å². The molecular formula is C72H132O15Si5. The Bertz CT molecular complexity index is 2580. The molecule has 6 fully saturated rings. The van der Waals surface area contributed by atoms with E-state index in [1.165, 1.54) is 0 Å². The molecular weight excluding hydrogens is 1250 g/mol. The number of fused-ring (bicyclic) bond motifs is 2. The molecule has 15 nitrogen and oxygen atoms in total. The Balaban J connectivity index is 1.13. The van der Waals surface area contributed by atoms with Gasteiger partial charge in [0.05, 0.1) is 79.7 Å². The Kier molecular flexibility index (Phi) is 25.9. The number of aliphatic hydroxyl groups is 1. The molecule has 0 bridgehead atoms. The SMILES string of the molecule is C=C1C[C@H](CCC(=O)C#C[C@H](O[Si](C)(C)C(C)(C)C)[C@@H]2O[C@H]3CC[C@H](CC(=O)O)O[C@@H]3[C@H](O[Si](C)(C)C(C)(C)C)[C@@H]2O[Si](C)(C)C(C)(C)C)O[C@H]1CC[C@H]1C[C@@H](C)C(=C)[C@@H](C[C@@H]2O[C@H]3C[C@@H](O[Si](C)(C)C(C)(C)C)[C@@H](CCO[Si](C)(C)C(C)(C)C)O[C@H]3[C@H](C)[C@H]2O)O1. The molecule has 0 unspecified atom stereocenters. The molecule has 6 saturated heterocycles. The van der Waals surface area contributed by atoms with Crippen molar-refractivity contribution < 1.29 is 70.4 Å². The third-order valence-corrected chi connectivity index (χ3v) is 46.5. The van der Waals surface area contributed by atoms with Crippen LogP contribution >= 0.6 is 0 Å². The first kappa shape index (κ1) is 79.8. The molecule has 0 aromatic rings. The van der Waals surface area contributed by atoms with E-state index in [1.54, 1.807) is 0 Å². The Labute approximate surface area is 564 Å². The summed E-state index contributed by atoms with van der Waals surface area (Å²) < 4.78 is 77.9. The van der Waals surface area contributed by atoms with Crippen LogP contribution in [0, 0.1) is 23.7 Å². The summed E-state index contributed by atoms with van der Waals surface area (Å²) in [7, 11) is -11.9. The van der Waals surface area contributed by atoms with Gasteiger partial charge in [0.1, 0.15) is 30.5 Å². The summed E-state index contributed by atoms with van der Waals surface area (Å²) in [6, 6.07) is 0. The molecule has 6 aliphatic rings. The quantitative estimate of drug-likeness (QED) is 0.0427. The number of aliphatic carboxylic acids is 1. The van der Waals surface area contributed by atoms with Crippen molar-refractivity contribution in [2.75, 3.05) is 6.61 Å². The van der Waals surface area contributed by atoms with Gasteiger partial charge in [0.25, 0.3) is 0 Å². The number of aliphatic hydroxyl groups excluding tert-OH is 1. The van der Waals surface area contributed by atoms with Gasteiger partial charge in [-0.15, -0.1) is 0 Å². The van der Waals surface area contributed by atoms with Crippen molar-refractivity contribution in [3.63, 3.8) is 0 Å². The zero-order valence-corrected chi connectivity index (χ0v) is 67.8. The van der Waals surface area contributed by atoms with Crippen LogP contribution < -0.4 is 0 Å². The van der Waals surface area contributed by atoms with Crippen molar-refractivity contribution in [2.45, 2.75) is 389 Å². The summed E-state index contributed by atoms with van der Waals surface area (Å²) in [5.41, 5.74) is 2.06. The Hall–Kier alpha value is -1.22. The van der Waals surface area contributed by atoms with Crippen molar-refractivity contribution in [3.05, 3.63) is 24.3 Å². The van der Waals surface area contributed by atoms with E-state index in [1.807, 2.05) is 0 Å². The van der Waals surface area contributed by atoms with Gasteiger partial charge in [0.15, 0.2) is 41.6 Å². The van der Waals surface area contributed by atoms with Crippen LogP contribution in [0.1, 0.15) is 195 Å². The summed E-state index contributed by atoms with van der Waals surface area (Å²) in [5, 5.41) is 21.5. The number of rotatable bonds is 23. The maximum atomic E-state index is 14.2. The Morgan fingerprint density at radius 1 is 0.587 bits per heavy atom. The molecule has 6 heterocycles. The summed E-state index contributed by atoms with van der Waals surface area (Å²) >= 11 is 0. The lowest BCUT2D eigenvalue weighted by atomic mass is 9.79. The second kappa shape index (κ2) is 29.9. The van der Waals surface area contributed by atoms with Crippen LogP contribution in [0.15, 0.2) is 24.3 Å². The minimum Gasteiger partial charge on any atom is -0.481 e. The van der Waals surface area contributed by atoms with Crippen LogP contribution in [-0.2, 0) is 60.1 Å². The number of Topliss-reactive ketones (excluding diaryl/α,β-unsaturated/α-hetero) is 1. The minimum atomic E-state index is -2.59. The monoisotopic (exact) mass is 1380 g/mol. The lowest BCUT2D eigenvalue weighted by Crippen LogP contribution is -2.69. The zero-order chi connectivity index (χ0) is 69.7. The van der Waals surface area contributed by atoms with Crippen LogP contribution in [0.25, 0.3) is 0 Å². The smallest absolute Gasteiger partial charge is 0.305 e. The summed E-state index contributed by atoms with van der Waals surface area (Å²) in [4.78, 5) is 26.3. The first-order chi connectivity index (χ1) is 41.8. The highest BCUT2D eigenvalue weighted by Gasteiger charge is 2.59. The molecule has 20 heteroatoms. The van der Waals surface area contributed by atoms with Crippen LogP contribution in [0.4, 0.5) is 0 Å². The number of carboxylic acids is 1. The molecule has 2 N–H and O–H groups in total. The molecule has 530 valence electrons. The molecule has 0 saturated carbocycles. The molecule has 19 atom stereocenters. The summed E-state index contributed by atoms with van der Waals surface area (Å²) in [6.45, 7) is 69.9. The number of hydrogen-bond acceptors (Lipinski definition) is 14. The van der Waals surface area contributed by atoms with Crippen LogP contribution in [0.2, 0.25) is 90.7 Å². The largest absolute Gasteiger partial charge is 0.481 e. The van der Waals surface area contributed by atoms with Gasteiger partial charge in [0.2, 0.25) is 5.78 Å². The molecule has 92 heavy (non-hydrogen) atoms. The lowest BCUT2D eigenvalue weighted by molar-refractivity contribution is -0.267. The number of carboxylic acid groups (broad SMARTS) is 1. The van der Waals surface area contributed by atoms with Crippen molar-refractivity contribution in [3.8, 4) is 11.8 Å². The first-order valence-corrected chi connectivity index (χ1v) is 49.9. The number of ketones is 1. The lowest BCUT2D eigenvalue weighted by Gasteiger charge is -2.55. The molecule has 0 aliphatic carbocycles. The van der Waals surface area contributed by atoms with E-state index in [0.29, 0.717) is 45.1 Å². The standard InChI is InChI=1S/C72H132O15Si5/c1-45-40-51(79-57(47(45)3)43-59-62(76)48(4)63-60(81-59)44-58(85-90(24,25)70(11,12)13)54(82-63)38-39-77-88(20,21)68(5,6)7)33-36-53-46(2)41-50(78-53)32-30-49(73)31-35-56(84-89(22,23)69(8,9)10)65-67(87-92(28,29)72(17,18)19)66(86-91(26,27)71(14,15)16)64-55(83-65)37-34-52(80-64)42-61(74)75/h45,48,50-60,62-67,76H,2-3,30,32-34,36-44H2,1,4-29H3,(H,74,75)/t45-,48-,50+,51+,52-,53+,54-,55+,56+,57-,58-,59+,60+,62-,63+,64+,65+,66+,67-/m1/s1. The summed E-state index contributed by atoms with van der Waals surface area (Å²) in [5.74, 6) is 5.41. The molecule has 6 aliphatic heterocycles. The molecule has 0 spiro atoms. The average molecular weight is 1380 g/mol. The molecule has 0 aromatic heterocycles. The molecule has 0 aromatic carbocycles. The second-order valence-electron chi connectivity index (χ2n) is 36.4. The van der Waals surface area contributed by atoms with Crippen molar-refractivity contribution >= 4 is 53.3 Å². The highest BCUT2D eigenvalue weighted by atomic mass is 28.4. The number of hydrogen-bond donors (Lipinski definition) is 2. The van der Waals surface area contributed by atoms with E-state index in [-0.39, 0.29) is 104 Å². The van der Waals surface area contributed by atoms with Gasteiger partial charge in [-0.05, 0) is 165 Å². The molecule has 0 amide bonds. The van der Waals surface area contributed by atoms with E-state index in [4.69, 9.17) is 50.6 Å². The van der Waals surface area contributed by atoms with Crippen molar-refractivity contribution in [1.82, 2.24) is 0 Å². The van der Waals surface area contributed by atoms with E-state index in [2.05, 4.69) is 208 Å². The van der Waals surface area contributed by atoms with E-state index < -0.39 is 102 Å². The molecule has 6 rings (SSSR count). The fraction of sp³-hybridized carbons (Fsp3) is 0.889. The second-order valence-corrected chi connectivity index (χ2v) is 60.2. The number of ether oxygens (including phenoxy) is 6. The fourth-order valence-corrected chi connectivity index (χ4v) is 18.8. The van der Waals surface area contributed by atoms with Gasteiger partial charge in [-0.1, -0.05) is 137 Å². The van der Waals surface area contributed by atoms with Gasteiger partial charge in [-0.3, -0.25) is 9.59 Å². The van der Waals surface area contributed by atoms with Gasteiger partial charge in [-0.2, -0.15) is 0 Å². The van der Waals surface area contributed by atoms with E-state index >= 15 is 0 Å². The highest BCUT2D eigenvalue weighted by Crippen LogP contribution is 2.49. The van der Waals surface area contributed by atoms with Gasteiger partial charge in [-0.25, -0.2) is 0 Å². The average Bonchev–Trinajstić information content (AvgIpc) is 0.837. The first-order valence-electron chi connectivity index (χ1n) is 35.3. The number of carbonyl (C=O) groups excluding carboxylic acids is 1. The van der Waals surface area contributed by atoms with Crippen LogP contribution in [0.5, 0.6) is 0 Å². The van der Waals surface area contributed by atoms with Crippen molar-refractivity contribution in [1.29, 1.82) is 0 Å². The Morgan fingerprint density at radius 2 is 1.14 bits per heavy atom. The third kappa shape index (κ3) is 19.6. The highest BCUT2D eigenvalue weighted by molar-refractivity contribution is 6.76. The van der Waals surface area contributed by atoms with E-state index in [9.17, 15) is 19.8 Å². The normalized spacial score (nSPS) is 33.8. The van der Waals surface area contributed by atoms with Gasteiger partial charge in [0, 0.05) is 31.8 Å². The third-order valence-electron chi connectivity index (χ3n) is 24.0.